The Labute approximate surface area is 152 Å². The van der Waals surface area contributed by atoms with Crippen molar-refractivity contribution >= 4 is 8.32 Å². The Morgan fingerprint density at radius 2 is 0.952 bits per heavy atom. The summed E-state index contributed by atoms with van der Waals surface area (Å²) in [5, 5.41) is 7.88. The molecule has 0 atom stereocenters. The Hall–Kier alpha value is 0.940. The van der Waals surface area contributed by atoms with Crippen LogP contribution in [0.25, 0.3) is 0 Å². The van der Waals surface area contributed by atoms with Gasteiger partial charge < -0.3 is 20.9 Å². The molecule has 0 rings (SSSR count). The van der Waals surface area contributed by atoms with Crippen LogP contribution in [-0.2, 0) is 26.2 Å². The van der Waals surface area contributed by atoms with E-state index >= 15 is 0 Å². The molecular formula is C15H40O4SiZr. The number of aliphatic hydroxyl groups is 1. The monoisotopic (exact) mass is 402 g/mol. The largest absolute Gasteiger partial charge is 0.432 e. The SMILES string of the molecule is CC(C)C[Si](O)(CC(C)C)CC(C)C.CCCO.O.O.[Zr]. The maximum atomic E-state index is 10.7. The summed E-state index contributed by atoms with van der Waals surface area (Å²) in [5.74, 6) is 1.93. The Morgan fingerprint density at radius 3 is 1.05 bits per heavy atom. The van der Waals surface area contributed by atoms with Gasteiger partial charge in [-0.2, -0.15) is 0 Å². The summed E-state index contributed by atoms with van der Waals surface area (Å²) in [6.07, 6.45) is 0.875. The van der Waals surface area contributed by atoms with Gasteiger partial charge in [-0.15, -0.1) is 0 Å². The molecule has 0 heterocycles. The standard InChI is InChI=1S/C12H28OSi.C3H8O.2H2O.Zr/c1-10(2)7-14(13,8-11(3)4)9-12(5)6;1-2-3-4;;;/h10-13H,7-9H2,1-6H3;4H,2-3H2,1H3;2*1H2;. The third-order valence-corrected chi connectivity index (χ3v) is 7.32. The van der Waals surface area contributed by atoms with Crippen molar-refractivity contribution in [2.45, 2.75) is 73.0 Å². The number of aliphatic hydroxyl groups excluding tert-OH is 1. The average molecular weight is 404 g/mol. The van der Waals surface area contributed by atoms with Gasteiger partial charge in [-0.25, -0.2) is 0 Å². The van der Waals surface area contributed by atoms with Gasteiger partial charge in [0, 0.05) is 32.8 Å². The molecule has 0 aromatic heterocycles. The molecular weight excluding hydrogens is 363 g/mol. The fourth-order valence-electron chi connectivity index (χ4n) is 2.53. The Balaban J connectivity index is -0.000000108. The number of hydrogen-bond donors (Lipinski definition) is 2. The van der Waals surface area contributed by atoms with Crippen LogP contribution in [0.2, 0.25) is 18.1 Å². The van der Waals surface area contributed by atoms with Gasteiger partial charge in [0.2, 0.25) is 0 Å². The minimum absolute atomic E-state index is 0. The Morgan fingerprint density at radius 1 is 0.762 bits per heavy atom. The van der Waals surface area contributed by atoms with Gasteiger partial charge in [-0.1, -0.05) is 48.5 Å². The van der Waals surface area contributed by atoms with Crippen molar-refractivity contribution in [2.24, 2.45) is 17.8 Å². The summed E-state index contributed by atoms with van der Waals surface area (Å²) in [5.41, 5.74) is 0. The van der Waals surface area contributed by atoms with Crippen molar-refractivity contribution in [2.75, 3.05) is 6.61 Å². The second kappa shape index (κ2) is 19.0. The molecule has 0 unspecified atom stereocenters. The van der Waals surface area contributed by atoms with E-state index in [0.29, 0.717) is 24.4 Å². The van der Waals surface area contributed by atoms with Crippen molar-refractivity contribution in [3.8, 4) is 0 Å². The van der Waals surface area contributed by atoms with Crippen molar-refractivity contribution in [3.05, 3.63) is 0 Å². The molecule has 0 aromatic rings. The van der Waals surface area contributed by atoms with Gasteiger partial charge in [-0.3, -0.25) is 0 Å². The van der Waals surface area contributed by atoms with E-state index < -0.39 is 8.32 Å². The quantitative estimate of drug-likeness (QED) is 0.638. The van der Waals surface area contributed by atoms with Gasteiger partial charge in [0.05, 0.1) is 0 Å². The van der Waals surface area contributed by atoms with Gasteiger partial charge in [0.25, 0.3) is 0 Å². The van der Waals surface area contributed by atoms with E-state index in [0.717, 1.165) is 24.6 Å². The van der Waals surface area contributed by atoms with Crippen LogP contribution in [0.5, 0.6) is 0 Å². The zero-order chi connectivity index (χ0) is 14.8. The van der Waals surface area contributed by atoms with Crippen molar-refractivity contribution in [1.29, 1.82) is 0 Å². The predicted molar refractivity (Wildman–Crippen MR) is 91.5 cm³/mol. The first-order valence-electron chi connectivity index (χ1n) is 7.50. The zero-order valence-electron chi connectivity index (χ0n) is 15.2. The molecule has 4 nitrogen and oxygen atoms in total. The molecule has 0 radical (unpaired) electrons. The third-order valence-electron chi connectivity index (χ3n) is 2.59. The van der Waals surface area contributed by atoms with Crippen LogP contribution in [0.3, 0.4) is 0 Å². The molecule has 21 heavy (non-hydrogen) atoms. The van der Waals surface area contributed by atoms with E-state index in [4.69, 9.17) is 5.11 Å². The summed E-state index contributed by atoms with van der Waals surface area (Å²) >= 11 is 0. The molecule has 0 fully saturated rings. The van der Waals surface area contributed by atoms with Crippen LogP contribution < -0.4 is 0 Å². The molecule has 0 saturated carbocycles. The smallest absolute Gasteiger partial charge is 0.189 e. The molecule has 0 saturated heterocycles. The van der Waals surface area contributed by atoms with Gasteiger partial charge in [0.1, 0.15) is 0 Å². The summed E-state index contributed by atoms with van der Waals surface area (Å²) in [7, 11) is -1.94. The van der Waals surface area contributed by atoms with Crippen molar-refractivity contribution in [3.63, 3.8) is 0 Å². The molecule has 0 aliphatic rings. The van der Waals surface area contributed by atoms with Crippen LogP contribution in [0.4, 0.5) is 0 Å². The molecule has 0 aliphatic carbocycles. The molecule has 0 amide bonds. The van der Waals surface area contributed by atoms with Crippen LogP contribution in [0.15, 0.2) is 0 Å². The molecule has 6 heteroatoms. The summed E-state index contributed by atoms with van der Waals surface area (Å²) in [6.45, 7) is 15.6. The zero-order valence-corrected chi connectivity index (χ0v) is 18.6. The van der Waals surface area contributed by atoms with E-state index in [9.17, 15) is 4.80 Å². The third kappa shape index (κ3) is 26.2. The first-order chi connectivity index (χ1) is 8.16. The topological polar surface area (TPSA) is 103 Å². The molecule has 132 valence electrons. The average Bonchev–Trinajstić information content (AvgIpc) is 2.13. The van der Waals surface area contributed by atoms with Crippen LogP contribution >= 0.6 is 0 Å². The maximum Gasteiger partial charge on any atom is 0.189 e. The molecule has 0 spiro atoms. The second-order valence-electron chi connectivity index (χ2n) is 6.74. The van der Waals surface area contributed by atoms with E-state index in [1.807, 2.05) is 6.92 Å². The molecule has 0 bridgehead atoms. The predicted octanol–water partition coefficient (Wildman–Crippen LogP) is 2.63. The molecule has 0 aromatic carbocycles. The van der Waals surface area contributed by atoms with Gasteiger partial charge >= 0.3 is 0 Å². The summed E-state index contributed by atoms with van der Waals surface area (Å²) < 4.78 is 0. The van der Waals surface area contributed by atoms with E-state index in [-0.39, 0.29) is 37.2 Å². The van der Waals surface area contributed by atoms with Crippen LogP contribution in [0.1, 0.15) is 54.9 Å². The van der Waals surface area contributed by atoms with Gasteiger partial charge in [0.15, 0.2) is 8.32 Å². The first kappa shape index (κ1) is 33.5. The Kier molecular flexibility index (Phi) is 30.3. The minimum Gasteiger partial charge on any atom is -0.432 e. The van der Waals surface area contributed by atoms with Crippen molar-refractivity contribution < 1.29 is 47.1 Å². The summed E-state index contributed by atoms with van der Waals surface area (Å²) in [4.78, 5) is 10.7. The molecule has 0 aliphatic heterocycles. The molecule has 6 N–H and O–H groups in total. The first-order valence-corrected chi connectivity index (χ1v) is 10.1. The van der Waals surface area contributed by atoms with Gasteiger partial charge in [-0.05, 0) is 42.3 Å². The summed E-state index contributed by atoms with van der Waals surface area (Å²) in [6, 6.07) is 3.22. The van der Waals surface area contributed by atoms with E-state index in [2.05, 4.69) is 41.5 Å². The number of hydrogen-bond acceptors (Lipinski definition) is 2. The minimum atomic E-state index is -1.94. The fourth-order valence-corrected chi connectivity index (χ4v) is 7.59. The van der Waals surface area contributed by atoms with Crippen LogP contribution in [0, 0.1) is 17.8 Å². The van der Waals surface area contributed by atoms with E-state index in [1.54, 1.807) is 0 Å². The van der Waals surface area contributed by atoms with E-state index in [1.165, 1.54) is 0 Å². The Bertz CT molecular complexity index is 162. The van der Waals surface area contributed by atoms with Crippen LogP contribution in [-0.4, -0.2) is 35.8 Å². The number of rotatable bonds is 7. The maximum absolute atomic E-state index is 10.7. The van der Waals surface area contributed by atoms with Crippen molar-refractivity contribution in [1.82, 2.24) is 0 Å². The fraction of sp³-hybridized carbons (Fsp3) is 1.00. The normalized spacial score (nSPS) is 10.3. The second-order valence-corrected chi connectivity index (χ2v) is 10.4.